The van der Waals surface area contributed by atoms with Crippen molar-refractivity contribution in [2.24, 2.45) is 0 Å². The van der Waals surface area contributed by atoms with Crippen LogP contribution in [0.25, 0.3) is 11.4 Å². The SMILES string of the molecule is Cc1cc(C)cc(-c2noc(C(F)(F)F)n2)c1. The maximum Gasteiger partial charge on any atom is 0.471 e. The number of nitrogens with zero attached hydrogens (tertiary/aromatic N) is 2. The summed E-state index contributed by atoms with van der Waals surface area (Å²) in [6.45, 7) is 3.70. The van der Waals surface area contributed by atoms with Gasteiger partial charge in [0.1, 0.15) is 0 Å². The number of alkyl halides is 3. The highest BCUT2D eigenvalue weighted by molar-refractivity contribution is 5.56. The average Bonchev–Trinajstić information content (AvgIpc) is 2.63. The predicted octanol–water partition coefficient (Wildman–Crippen LogP) is 3.37. The molecule has 0 aliphatic rings. The van der Waals surface area contributed by atoms with Crippen LogP contribution in [0.5, 0.6) is 0 Å². The summed E-state index contributed by atoms with van der Waals surface area (Å²) in [5.41, 5.74) is 2.37. The van der Waals surface area contributed by atoms with Gasteiger partial charge in [-0.1, -0.05) is 22.3 Å². The fourth-order valence-electron chi connectivity index (χ4n) is 1.56. The minimum Gasteiger partial charge on any atom is -0.329 e. The molecule has 0 radical (unpaired) electrons. The van der Waals surface area contributed by atoms with Gasteiger partial charge in [0.2, 0.25) is 5.82 Å². The third kappa shape index (κ3) is 2.46. The van der Waals surface area contributed by atoms with Gasteiger partial charge in [0.15, 0.2) is 0 Å². The number of halogens is 3. The monoisotopic (exact) mass is 242 g/mol. The second-order valence-electron chi connectivity index (χ2n) is 3.80. The first-order valence-electron chi connectivity index (χ1n) is 4.86. The third-order valence-electron chi connectivity index (χ3n) is 2.15. The van der Waals surface area contributed by atoms with Crippen molar-refractivity contribution in [2.75, 3.05) is 0 Å². The fourth-order valence-corrected chi connectivity index (χ4v) is 1.56. The van der Waals surface area contributed by atoms with E-state index in [1.54, 1.807) is 12.1 Å². The van der Waals surface area contributed by atoms with Gasteiger partial charge in [0.25, 0.3) is 0 Å². The summed E-state index contributed by atoms with van der Waals surface area (Å²) in [6.07, 6.45) is -4.61. The average molecular weight is 242 g/mol. The van der Waals surface area contributed by atoms with Gasteiger partial charge in [-0.15, -0.1) is 0 Å². The smallest absolute Gasteiger partial charge is 0.329 e. The maximum atomic E-state index is 12.3. The molecule has 3 nitrogen and oxygen atoms in total. The number of aromatic nitrogens is 2. The van der Waals surface area contributed by atoms with Gasteiger partial charge < -0.3 is 4.52 Å². The van der Waals surface area contributed by atoms with E-state index < -0.39 is 12.1 Å². The number of aryl methyl sites for hydroxylation is 2. The fraction of sp³-hybridized carbons (Fsp3) is 0.273. The predicted molar refractivity (Wildman–Crippen MR) is 54.2 cm³/mol. The molecule has 1 aromatic carbocycles. The molecule has 2 aromatic rings. The minimum atomic E-state index is -4.61. The number of benzene rings is 1. The second-order valence-corrected chi connectivity index (χ2v) is 3.80. The molecule has 17 heavy (non-hydrogen) atoms. The summed E-state index contributed by atoms with van der Waals surface area (Å²) in [7, 11) is 0. The van der Waals surface area contributed by atoms with E-state index in [1.165, 1.54) is 0 Å². The van der Waals surface area contributed by atoms with E-state index in [-0.39, 0.29) is 5.82 Å². The lowest BCUT2D eigenvalue weighted by Crippen LogP contribution is -2.04. The highest BCUT2D eigenvalue weighted by Gasteiger charge is 2.38. The number of hydrogen-bond acceptors (Lipinski definition) is 3. The summed E-state index contributed by atoms with van der Waals surface area (Å²) >= 11 is 0. The normalized spacial score (nSPS) is 11.8. The Balaban J connectivity index is 2.44. The summed E-state index contributed by atoms with van der Waals surface area (Å²) < 4.78 is 41.0. The van der Waals surface area contributed by atoms with Gasteiger partial charge in [0.05, 0.1) is 0 Å². The molecule has 1 aromatic heterocycles. The van der Waals surface area contributed by atoms with Gasteiger partial charge in [-0.3, -0.25) is 0 Å². The Morgan fingerprint density at radius 3 is 2.12 bits per heavy atom. The molecule has 90 valence electrons. The largest absolute Gasteiger partial charge is 0.471 e. The van der Waals surface area contributed by atoms with Crippen LogP contribution in [0, 0.1) is 13.8 Å². The Kier molecular flexibility index (Phi) is 2.65. The van der Waals surface area contributed by atoms with Crippen LogP contribution in [-0.4, -0.2) is 10.1 Å². The standard InChI is InChI=1S/C11H9F3N2O/c1-6-3-7(2)5-8(4-6)9-15-10(17-16-9)11(12,13)14/h3-5H,1-2H3. The van der Waals surface area contributed by atoms with Crippen molar-refractivity contribution in [1.82, 2.24) is 10.1 Å². The first kappa shape index (κ1) is 11.6. The molecule has 0 aliphatic heterocycles. The first-order valence-corrected chi connectivity index (χ1v) is 4.86. The Bertz CT molecular complexity index is 526. The highest BCUT2D eigenvalue weighted by Crippen LogP contribution is 2.29. The molecule has 0 spiro atoms. The molecule has 0 N–H and O–H groups in total. The van der Waals surface area contributed by atoms with Crippen LogP contribution in [0.15, 0.2) is 22.7 Å². The molecule has 0 aliphatic carbocycles. The zero-order chi connectivity index (χ0) is 12.6. The van der Waals surface area contributed by atoms with Crippen molar-refractivity contribution in [3.8, 4) is 11.4 Å². The Labute approximate surface area is 95.3 Å². The van der Waals surface area contributed by atoms with E-state index in [1.807, 2.05) is 19.9 Å². The minimum absolute atomic E-state index is 0.0517. The molecule has 0 bridgehead atoms. The van der Waals surface area contributed by atoms with E-state index in [0.29, 0.717) is 5.56 Å². The van der Waals surface area contributed by atoms with Crippen molar-refractivity contribution in [3.63, 3.8) is 0 Å². The summed E-state index contributed by atoms with van der Waals surface area (Å²) in [5.74, 6) is -1.38. The number of hydrogen-bond donors (Lipinski definition) is 0. The van der Waals surface area contributed by atoms with E-state index in [9.17, 15) is 13.2 Å². The molecule has 0 fully saturated rings. The van der Waals surface area contributed by atoms with E-state index in [4.69, 9.17) is 0 Å². The molecule has 0 saturated carbocycles. The van der Waals surface area contributed by atoms with Crippen LogP contribution in [0.1, 0.15) is 17.0 Å². The molecule has 0 atom stereocenters. The van der Waals surface area contributed by atoms with Crippen molar-refractivity contribution in [3.05, 3.63) is 35.2 Å². The van der Waals surface area contributed by atoms with Crippen LogP contribution >= 0.6 is 0 Å². The lowest BCUT2D eigenvalue weighted by molar-refractivity contribution is -0.159. The zero-order valence-electron chi connectivity index (χ0n) is 9.17. The first-order chi connectivity index (χ1) is 7.86. The summed E-state index contributed by atoms with van der Waals surface area (Å²) in [5, 5.41) is 3.33. The maximum absolute atomic E-state index is 12.3. The van der Waals surface area contributed by atoms with Crippen LogP contribution in [0.3, 0.4) is 0 Å². The quantitative estimate of drug-likeness (QED) is 0.769. The Morgan fingerprint density at radius 2 is 1.65 bits per heavy atom. The van der Waals surface area contributed by atoms with Crippen LogP contribution in [0.2, 0.25) is 0 Å². The van der Waals surface area contributed by atoms with Crippen molar-refractivity contribution < 1.29 is 17.7 Å². The van der Waals surface area contributed by atoms with Crippen molar-refractivity contribution in [1.29, 1.82) is 0 Å². The third-order valence-corrected chi connectivity index (χ3v) is 2.15. The van der Waals surface area contributed by atoms with Gasteiger partial charge in [-0.05, 0) is 26.0 Å². The summed E-state index contributed by atoms with van der Waals surface area (Å²) in [4.78, 5) is 3.33. The molecule has 1 heterocycles. The lowest BCUT2D eigenvalue weighted by Gasteiger charge is -2.00. The molecule has 0 saturated heterocycles. The highest BCUT2D eigenvalue weighted by atomic mass is 19.4. The van der Waals surface area contributed by atoms with E-state index in [0.717, 1.165) is 11.1 Å². The topological polar surface area (TPSA) is 38.9 Å². The van der Waals surface area contributed by atoms with Crippen molar-refractivity contribution in [2.45, 2.75) is 20.0 Å². The molecular weight excluding hydrogens is 233 g/mol. The van der Waals surface area contributed by atoms with Gasteiger partial charge >= 0.3 is 12.1 Å². The van der Waals surface area contributed by atoms with Gasteiger partial charge in [-0.2, -0.15) is 18.2 Å². The Morgan fingerprint density at radius 1 is 1.06 bits per heavy atom. The van der Waals surface area contributed by atoms with E-state index >= 15 is 0 Å². The Hall–Kier alpha value is -1.85. The molecule has 0 amide bonds. The number of rotatable bonds is 1. The van der Waals surface area contributed by atoms with Crippen molar-refractivity contribution >= 4 is 0 Å². The molecular formula is C11H9F3N2O. The van der Waals surface area contributed by atoms with Gasteiger partial charge in [-0.25, -0.2) is 0 Å². The lowest BCUT2D eigenvalue weighted by atomic mass is 10.1. The van der Waals surface area contributed by atoms with Crippen LogP contribution in [0.4, 0.5) is 13.2 Å². The summed E-state index contributed by atoms with van der Waals surface area (Å²) in [6, 6.07) is 5.32. The molecule has 0 unspecified atom stereocenters. The zero-order valence-corrected chi connectivity index (χ0v) is 9.17. The van der Waals surface area contributed by atoms with Gasteiger partial charge in [0, 0.05) is 5.56 Å². The van der Waals surface area contributed by atoms with E-state index in [2.05, 4.69) is 14.7 Å². The second kappa shape index (κ2) is 3.87. The molecule has 2 rings (SSSR count). The molecule has 6 heteroatoms. The van der Waals surface area contributed by atoms with Crippen LogP contribution in [-0.2, 0) is 6.18 Å². The van der Waals surface area contributed by atoms with Crippen LogP contribution < -0.4 is 0 Å².